The van der Waals surface area contributed by atoms with Crippen molar-refractivity contribution in [2.45, 2.75) is 26.3 Å². The third kappa shape index (κ3) is 8.64. The lowest BCUT2D eigenvalue weighted by molar-refractivity contribution is -0.696. The molecule has 2 heterocycles. The van der Waals surface area contributed by atoms with Crippen LogP contribution in [0.2, 0.25) is 0 Å². The first-order chi connectivity index (χ1) is 15.9. The number of carbonyl (C=O) groups excluding carboxylic acids is 1. The number of hydrogen-bond acceptors (Lipinski definition) is 5. The number of rotatable bonds is 10. The molecule has 0 unspecified atom stereocenters. The number of nitriles is 2. The van der Waals surface area contributed by atoms with E-state index in [0.29, 0.717) is 30.7 Å². The number of nitrogens with zero attached hydrogens (tertiary/aromatic N) is 4. The van der Waals surface area contributed by atoms with E-state index in [1.54, 1.807) is 66.4 Å². The third-order valence-corrected chi connectivity index (χ3v) is 4.70. The highest BCUT2D eigenvalue weighted by atomic mass is 16.4. The molecule has 0 amide bonds. The molecule has 1 aromatic rings. The van der Waals surface area contributed by atoms with E-state index in [4.69, 9.17) is 5.11 Å². The normalized spacial score (nSPS) is 13.4. The van der Waals surface area contributed by atoms with Gasteiger partial charge in [0.25, 0.3) is 0 Å². The maximum atomic E-state index is 11.1. The zero-order valence-electron chi connectivity index (χ0n) is 18.4. The van der Waals surface area contributed by atoms with Gasteiger partial charge in [-0.1, -0.05) is 18.2 Å². The number of carboxylic acids is 1. The molecule has 0 atom stereocenters. The molecule has 1 aliphatic heterocycles. The monoisotopic (exact) mass is 441 g/mol. The molecule has 1 N–H and O–H groups in total. The van der Waals surface area contributed by atoms with Crippen LogP contribution in [0.4, 0.5) is 0 Å². The average molecular weight is 442 g/mol. The summed E-state index contributed by atoms with van der Waals surface area (Å²) in [6, 6.07) is 7.85. The summed E-state index contributed by atoms with van der Waals surface area (Å²) >= 11 is 0. The van der Waals surface area contributed by atoms with Crippen LogP contribution in [0.15, 0.2) is 90.6 Å². The van der Waals surface area contributed by atoms with Gasteiger partial charge in [-0.05, 0) is 36.8 Å². The van der Waals surface area contributed by atoms with Gasteiger partial charge in [0, 0.05) is 43.1 Å². The van der Waals surface area contributed by atoms with Crippen LogP contribution in [0.25, 0.3) is 5.57 Å². The molecule has 1 aliphatic rings. The lowest BCUT2D eigenvalue weighted by Crippen LogP contribution is -2.33. The van der Waals surface area contributed by atoms with Crippen molar-refractivity contribution in [2.24, 2.45) is 0 Å². The first-order valence-electron chi connectivity index (χ1n) is 10.4. The van der Waals surface area contributed by atoms with E-state index < -0.39 is 5.97 Å². The van der Waals surface area contributed by atoms with Gasteiger partial charge in [-0.3, -0.25) is 9.59 Å². The van der Waals surface area contributed by atoms with E-state index in [0.717, 1.165) is 11.1 Å². The second-order valence-corrected chi connectivity index (χ2v) is 7.21. The van der Waals surface area contributed by atoms with Gasteiger partial charge < -0.3 is 10.0 Å². The average Bonchev–Trinajstić information content (AvgIpc) is 2.82. The van der Waals surface area contributed by atoms with E-state index >= 15 is 0 Å². The van der Waals surface area contributed by atoms with Crippen LogP contribution in [-0.2, 0) is 16.1 Å². The molecule has 0 radical (unpaired) electrons. The van der Waals surface area contributed by atoms with Crippen molar-refractivity contribution in [1.82, 2.24) is 4.90 Å². The molecule has 166 valence electrons. The van der Waals surface area contributed by atoms with Crippen LogP contribution in [0.1, 0.15) is 25.3 Å². The number of aromatic nitrogens is 1. The largest absolute Gasteiger partial charge is 0.481 e. The first kappa shape index (κ1) is 24.8. The van der Waals surface area contributed by atoms with Crippen molar-refractivity contribution in [1.29, 1.82) is 10.5 Å². The molecule has 0 spiro atoms. The van der Waals surface area contributed by atoms with Crippen LogP contribution < -0.4 is 4.57 Å². The number of carboxylic acid groups (broad SMARTS) is 1. The molecule has 0 saturated heterocycles. The summed E-state index contributed by atoms with van der Waals surface area (Å²) in [5.74, 6) is -0.731. The highest BCUT2D eigenvalue weighted by Gasteiger charge is 2.07. The van der Waals surface area contributed by atoms with Gasteiger partial charge in [-0.25, -0.2) is 4.57 Å². The third-order valence-electron chi connectivity index (χ3n) is 4.70. The lowest BCUT2D eigenvalue weighted by atomic mass is 10.1. The molecule has 2 rings (SSSR count). The molecule has 0 aromatic carbocycles. The van der Waals surface area contributed by atoms with Gasteiger partial charge >= 0.3 is 5.97 Å². The van der Waals surface area contributed by atoms with Crippen molar-refractivity contribution in [2.75, 3.05) is 6.54 Å². The second kappa shape index (κ2) is 13.0. The Labute approximate surface area is 193 Å². The number of allylic oxidation sites excluding steroid dienone is 10. The summed E-state index contributed by atoms with van der Waals surface area (Å²) in [6.45, 7) is 2.53. The molecule has 33 heavy (non-hydrogen) atoms. The summed E-state index contributed by atoms with van der Waals surface area (Å²) in [7, 11) is 0. The Bertz CT molecular complexity index is 1120. The zero-order valence-corrected chi connectivity index (χ0v) is 18.4. The van der Waals surface area contributed by atoms with Gasteiger partial charge in [-0.2, -0.15) is 10.5 Å². The van der Waals surface area contributed by atoms with Crippen molar-refractivity contribution < 1.29 is 19.3 Å². The van der Waals surface area contributed by atoms with Crippen molar-refractivity contribution >= 4 is 17.3 Å². The number of hydrogen-bond donors (Lipinski definition) is 1. The van der Waals surface area contributed by atoms with Gasteiger partial charge in [0.15, 0.2) is 18.9 Å². The molecule has 7 nitrogen and oxygen atoms in total. The smallest absolute Gasteiger partial charge is 0.309 e. The SMILES string of the molecule is CC(=O)CCN1C=CC(=C(C#N)/C=C/C=C/C=C(\C#N)c2cc[n+](CCC(=O)O)cc2)C=C1. The molecule has 0 aliphatic carbocycles. The first-order valence-corrected chi connectivity index (χ1v) is 10.4. The molecular weight excluding hydrogens is 416 g/mol. The minimum Gasteiger partial charge on any atom is -0.481 e. The topological polar surface area (TPSA) is 109 Å². The minimum atomic E-state index is -0.861. The Morgan fingerprint density at radius 2 is 1.76 bits per heavy atom. The fourth-order valence-corrected chi connectivity index (χ4v) is 2.85. The van der Waals surface area contributed by atoms with E-state index in [9.17, 15) is 20.1 Å². The van der Waals surface area contributed by atoms with Crippen LogP contribution in [0.3, 0.4) is 0 Å². The molecule has 7 heteroatoms. The summed E-state index contributed by atoms with van der Waals surface area (Å²) in [6.07, 6.45) is 19.9. The van der Waals surface area contributed by atoms with Crippen LogP contribution in [0, 0.1) is 22.7 Å². The zero-order chi connectivity index (χ0) is 24.1. The van der Waals surface area contributed by atoms with Gasteiger partial charge in [0.05, 0.1) is 23.3 Å². The number of pyridine rings is 1. The summed E-state index contributed by atoms with van der Waals surface area (Å²) < 4.78 is 1.75. The molecule has 0 bridgehead atoms. The minimum absolute atomic E-state index is 0.0323. The Hall–Kier alpha value is -4.49. The Morgan fingerprint density at radius 3 is 2.33 bits per heavy atom. The Balaban J connectivity index is 2.01. The van der Waals surface area contributed by atoms with Crippen LogP contribution >= 0.6 is 0 Å². The number of ketones is 1. The van der Waals surface area contributed by atoms with Gasteiger partial charge in [0.1, 0.15) is 12.2 Å². The highest BCUT2D eigenvalue weighted by Crippen LogP contribution is 2.15. The standard InChI is InChI=1S/C26H24N4O3/c1-21(31)7-13-29-14-8-22(9-15-29)24(19-27)5-3-2-4-6-25(20-28)23-10-16-30(17-11-23)18-12-26(32)33/h2-6,8-11,14-17H,7,12-13,18H2,1H3/p+1. The number of aryl methyl sites for hydroxylation is 1. The van der Waals surface area contributed by atoms with Crippen LogP contribution in [-0.4, -0.2) is 28.3 Å². The predicted octanol–water partition coefficient (Wildman–Crippen LogP) is 3.61. The molecule has 1 aromatic heterocycles. The fourth-order valence-electron chi connectivity index (χ4n) is 2.85. The molecule has 0 fully saturated rings. The summed E-state index contributed by atoms with van der Waals surface area (Å²) in [4.78, 5) is 23.6. The fraction of sp³-hybridized carbons (Fsp3) is 0.192. The Kier molecular flexibility index (Phi) is 9.79. The molecular formula is C26H25N4O3+. The van der Waals surface area contributed by atoms with Crippen LogP contribution in [0.5, 0.6) is 0 Å². The quantitative estimate of drug-likeness (QED) is 0.337. The van der Waals surface area contributed by atoms with Crippen molar-refractivity contribution in [3.8, 4) is 12.1 Å². The maximum absolute atomic E-state index is 11.1. The maximum Gasteiger partial charge on any atom is 0.309 e. The number of aliphatic carboxylic acids is 1. The predicted molar refractivity (Wildman–Crippen MR) is 124 cm³/mol. The lowest BCUT2D eigenvalue weighted by Gasteiger charge is -2.18. The van der Waals surface area contributed by atoms with Crippen molar-refractivity contribution in [3.63, 3.8) is 0 Å². The van der Waals surface area contributed by atoms with Gasteiger partial charge in [0.2, 0.25) is 0 Å². The van der Waals surface area contributed by atoms with Crippen molar-refractivity contribution in [3.05, 3.63) is 96.2 Å². The highest BCUT2D eigenvalue weighted by molar-refractivity contribution is 5.77. The summed E-state index contributed by atoms with van der Waals surface area (Å²) in [5.41, 5.74) is 2.46. The van der Waals surface area contributed by atoms with E-state index in [2.05, 4.69) is 12.1 Å². The van der Waals surface area contributed by atoms with Gasteiger partial charge in [-0.15, -0.1) is 0 Å². The second-order valence-electron chi connectivity index (χ2n) is 7.21. The molecule has 0 saturated carbocycles. The summed E-state index contributed by atoms with van der Waals surface area (Å²) in [5, 5.41) is 27.6. The number of Topliss-reactive ketones (excluding diaryl/α,β-unsaturated/α-hetero) is 1. The van der Waals surface area contributed by atoms with E-state index in [-0.39, 0.29) is 12.2 Å². The Morgan fingerprint density at radius 1 is 1.06 bits per heavy atom. The number of carbonyl (C=O) groups is 2. The van der Waals surface area contributed by atoms with E-state index in [1.807, 2.05) is 29.5 Å². The van der Waals surface area contributed by atoms with E-state index in [1.165, 1.54) is 0 Å².